The minimum absolute atomic E-state index is 0.277. The van der Waals surface area contributed by atoms with Crippen molar-refractivity contribution in [1.29, 1.82) is 0 Å². The molecule has 0 saturated heterocycles. The van der Waals surface area contributed by atoms with Gasteiger partial charge in [0, 0.05) is 23.7 Å². The molecule has 0 aliphatic heterocycles. The van der Waals surface area contributed by atoms with E-state index in [1.165, 1.54) is 0 Å². The number of halogens is 1. The summed E-state index contributed by atoms with van der Waals surface area (Å²) in [7, 11) is 1.73. The summed E-state index contributed by atoms with van der Waals surface area (Å²) in [5.41, 5.74) is 2.59. The third kappa shape index (κ3) is 4.46. The molecule has 0 unspecified atom stereocenters. The lowest BCUT2D eigenvalue weighted by atomic mass is 10.1. The molecule has 0 fully saturated rings. The second kappa shape index (κ2) is 8.80. The van der Waals surface area contributed by atoms with Crippen LogP contribution in [0.25, 0.3) is 11.3 Å². The van der Waals surface area contributed by atoms with E-state index in [9.17, 15) is 4.79 Å². The van der Waals surface area contributed by atoms with Gasteiger partial charge < -0.3 is 14.8 Å². The van der Waals surface area contributed by atoms with Gasteiger partial charge in [0.05, 0.1) is 24.6 Å². The number of carbonyl (C=O) groups excluding carboxylic acids is 1. The number of ether oxygens (including phenoxy) is 2. The van der Waals surface area contributed by atoms with Crippen molar-refractivity contribution in [2.45, 2.75) is 13.8 Å². The topological polar surface area (TPSA) is 65.4 Å². The van der Waals surface area contributed by atoms with Crippen LogP contribution < -0.4 is 14.8 Å². The number of nitrogens with one attached hydrogen (secondary N) is 1. The van der Waals surface area contributed by atoms with Crippen LogP contribution in [-0.4, -0.2) is 28.9 Å². The molecule has 0 saturated carbocycles. The summed E-state index contributed by atoms with van der Waals surface area (Å²) < 4.78 is 12.7. The van der Waals surface area contributed by atoms with Gasteiger partial charge in [-0.15, -0.1) is 0 Å². The highest BCUT2D eigenvalue weighted by Gasteiger charge is 2.17. The summed E-state index contributed by atoms with van der Waals surface area (Å²) >= 11 is 5.94. The van der Waals surface area contributed by atoms with Gasteiger partial charge in [-0.1, -0.05) is 23.7 Å². The first-order valence-electron chi connectivity index (χ1n) is 9.02. The molecule has 0 spiro atoms. The van der Waals surface area contributed by atoms with Crippen molar-refractivity contribution >= 4 is 23.2 Å². The summed E-state index contributed by atoms with van der Waals surface area (Å²) in [6, 6.07) is 14.4. The van der Waals surface area contributed by atoms with E-state index in [4.69, 9.17) is 21.1 Å². The van der Waals surface area contributed by atoms with Crippen molar-refractivity contribution < 1.29 is 14.3 Å². The second-order valence-corrected chi connectivity index (χ2v) is 6.46. The van der Waals surface area contributed by atoms with Crippen LogP contribution in [0.15, 0.2) is 48.5 Å². The maximum absolute atomic E-state index is 12.8. The Bertz CT molecular complexity index is 968. The number of benzene rings is 2. The Balaban J connectivity index is 1.84. The van der Waals surface area contributed by atoms with E-state index in [0.29, 0.717) is 46.8 Å². The Morgan fingerprint density at radius 1 is 1.07 bits per heavy atom. The number of aromatic nitrogens is 2. The van der Waals surface area contributed by atoms with Crippen LogP contribution in [0, 0.1) is 0 Å². The zero-order valence-corrected chi connectivity index (χ0v) is 16.8. The standard InChI is InChI=1S/C21H22ClN3O3/c1-4-27-16-10-11-17(20(12-16)28-5-2)23-21(26)19-13-18(24-25(19)3)14-6-8-15(22)9-7-14/h6-13H,4-5H2,1-3H3,(H,23,26). The number of hydrogen-bond acceptors (Lipinski definition) is 4. The summed E-state index contributed by atoms with van der Waals surface area (Å²) in [5.74, 6) is 0.969. The molecule has 3 aromatic rings. The van der Waals surface area contributed by atoms with Crippen LogP contribution in [0.1, 0.15) is 24.3 Å². The third-order valence-electron chi connectivity index (χ3n) is 4.06. The summed E-state index contributed by atoms with van der Waals surface area (Å²) in [6.07, 6.45) is 0. The number of anilines is 1. The maximum atomic E-state index is 12.8. The van der Waals surface area contributed by atoms with Crippen LogP contribution >= 0.6 is 11.6 Å². The molecule has 1 N–H and O–H groups in total. The highest BCUT2D eigenvalue weighted by atomic mass is 35.5. The first kappa shape index (κ1) is 19.8. The van der Waals surface area contributed by atoms with Crippen LogP contribution in [0.2, 0.25) is 5.02 Å². The van der Waals surface area contributed by atoms with Gasteiger partial charge in [-0.05, 0) is 44.2 Å². The van der Waals surface area contributed by atoms with Gasteiger partial charge in [0.1, 0.15) is 17.2 Å². The van der Waals surface area contributed by atoms with E-state index in [1.807, 2.05) is 26.0 Å². The predicted molar refractivity (Wildman–Crippen MR) is 110 cm³/mol. The quantitative estimate of drug-likeness (QED) is 0.620. The van der Waals surface area contributed by atoms with Crippen molar-refractivity contribution in [3.63, 3.8) is 0 Å². The molecule has 2 aromatic carbocycles. The highest BCUT2D eigenvalue weighted by molar-refractivity contribution is 6.30. The van der Waals surface area contributed by atoms with E-state index in [2.05, 4.69) is 10.4 Å². The molecule has 1 amide bonds. The lowest BCUT2D eigenvalue weighted by molar-refractivity contribution is 0.101. The van der Waals surface area contributed by atoms with Crippen LogP contribution in [-0.2, 0) is 7.05 Å². The Labute approximate surface area is 169 Å². The molecule has 7 heteroatoms. The van der Waals surface area contributed by atoms with Gasteiger partial charge in [0.15, 0.2) is 0 Å². The minimum Gasteiger partial charge on any atom is -0.494 e. The average Bonchev–Trinajstić information content (AvgIpc) is 3.06. The Hall–Kier alpha value is -2.99. The predicted octanol–water partition coefficient (Wildman–Crippen LogP) is 4.79. The van der Waals surface area contributed by atoms with Gasteiger partial charge in [0.25, 0.3) is 5.91 Å². The molecule has 0 atom stereocenters. The fraction of sp³-hybridized carbons (Fsp3) is 0.238. The number of hydrogen-bond donors (Lipinski definition) is 1. The first-order valence-corrected chi connectivity index (χ1v) is 9.40. The molecule has 146 valence electrons. The fourth-order valence-corrected chi connectivity index (χ4v) is 2.89. The Kier molecular flexibility index (Phi) is 6.21. The number of amides is 1. The number of carbonyl (C=O) groups is 1. The molecular weight excluding hydrogens is 378 g/mol. The summed E-state index contributed by atoms with van der Waals surface area (Å²) in [6.45, 7) is 4.83. The van der Waals surface area contributed by atoms with Gasteiger partial charge >= 0.3 is 0 Å². The normalized spacial score (nSPS) is 10.6. The highest BCUT2D eigenvalue weighted by Crippen LogP contribution is 2.30. The third-order valence-corrected chi connectivity index (χ3v) is 4.32. The van der Waals surface area contributed by atoms with Crippen LogP contribution in [0.4, 0.5) is 5.69 Å². The molecule has 0 aliphatic rings. The van der Waals surface area contributed by atoms with E-state index >= 15 is 0 Å². The zero-order valence-electron chi connectivity index (χ0n) is 16.0. The number of nitrogens with zero attached hydrogens (tertiary/aromatic N) is 2. The summed E-state index contributed by atoms with van der Waals surface area (Å²) in [4.78, 5) is 12.8. The second-order valence-electron chi connectivity index (χ2n) is 6.02. The SMILES string of the molecule is CCOc1ccc(NC(=O)c2cc(-c3ccc(Cl)cc3)nn2C)c(OCC)c1. The molecule has 0 aliphatic carbocycles. The van der Waals surface area contributed by atoms with Crippen molar-refractivity contribution in [2.75, 3.05) is 18.5 Å². The Morgan fingerprint density at radius 3 is 2.46 bits per heavy atom. The van der Waals surface area contributed by atoms with Crippen molar-refractivity contribution in [3.8, 4) is 22.8 Å². The molecule has 1 heterocycles. The van der Waals surface area contributed by atoms with Crippen molar-refractivity contribution in [1.82, 2.24) is 9.78 Å². The maximum Gasteiger partial charge on any atom is 0.274 e. The zero-order chi connectivity index (χ0) is 20.1. The van der Waals surface area contributed by atoms with E-state index in [0.717, 1.165) is 5.56 Å². The molecule has 1 aromatic heterocycles. The molecular formula is C21H22ClN3O3. The first-order chi connectivity index (χ1) is 13.5. The van der Waals surface area contributed by atoms with Gasteiger partial charge in [-0.25, -0.2) is 0 Å². The minimum atomic E-state index is -0.277. The van der Waals surface area contributed by atoms with E-state index in [-0.39, 0.29) is 5.91 Å². The molecule has 6 nitrogen and oxygen atoms in total. The van der Waals surface area contributed by atoms with Crippen molar-refractivity contribution in [2.24, 2.45) is 7.05 Å². The Morgan fingerprint density at radius 2 is 1.79 bits per heavy atom. The summed E-state index contributed by atoms with van der Waals surface area (Å²) in [5, 5.41) is 7.98. The number of rotatable bonds is 7. The monoisotopic (exact) mass is 399 g/mol. The average molecular weight is 400 g/mol. The lowest BCUT2D eigenvalue weighted by Gasteiger charge is -2.13. The molecule has 0 radical (unpaired) electrons. The number of aryl methyl sites for hydroxylation is 1. The molecule has 3 rings (SSSR count). The van der Waals surface area contributed by atoms with Gasteiger partial charge in [-0.3, -0.25) is 9.48 Å². The van der Waals surface area contributed by atoms with Crippen LogP contribution in [0.5, 0.6) is 11.5 Å². The fourth-order valence-electron chi connectivity index (χ4n) is 2.77. The van der Waals surface area contributed by atoms with E-state index in [1.54, 1.807) is 48.1 Å². The molecule has 28 heavy (non-hydrogen) atoms. The smallest absolute Gasteiger partial charge is 0.274 e. The van der Waals surface area contributed by atoms with Gasteiger partial charge in [-0.2, -0.15) is 5.10 Å². The van der Waals surface area contributed by atoms with Crippen LogP contribution in [0.3, 0.4) is 0 Å². The lowest BCUT2D eigenvalue weighted by Crippen LogP contribution is -2.16. The molecule has 0 bridgehead atoms. The van der Waals surface area contributed by atoms with E-state index < -0.39 is 0 Å². The van der Waals surface area contributed by atoms with Crippen molar-refractivity contribution in [3.05, 3.63) is 59.2 Å². The largest absolute Gasteiger partial charge is 0.494 e. The van der Waals surface area contributed by atoms with Gasteiger partial charge in [0.2, 0.25) is 0 Å².